The van der Waals surface area contributed by atoms with Crippen molar-refractivity contribution in [1.29, 1.82) is 0 Å². The Labute approximate surface area is 167 Å². The van der Waals surface area contributed by atoms with Crippen LogP contribution in [0.25, 0.3) is 0 Å². The van der Waals surface area contributed by atoms with E-state index in [-0.39, 0.29) is 12.1 Å². The average molecular weight is 408 g/mol. The van der Waals surface area contributed by atoms with E-state index >= 15 is 0 Å². The average Bonchev–Trinajstić information content (AvgIpc) is 2.72. The normalized spacial score (nSPS) is 11.4. The summed E-state index contributed by atoms with van der Waals surface area (Å²) in [5.74, 6) is -2.06. The van der Waals surface area contributed by atoms with Gasteiger partial charge in [0.15, 0.2) is 23.1 Å². The topological polar surface area (TPSA) is 85.9 Å². The van der Waals surface area contributed by atoms with E-state index in [1.54, 1.807) is 6.92 Å². The molecule has 1 atom stereocenters. The van der Waals surface area contributed by atoms with Gasteiger partial charge in [-0.15, -0.1) is 0 Å². The summed E-state index contributed by atoms with van der Waals surface area (Å²) in [7, 11) is 4.29. The van der Waals surface area contributed by atoms with E-state index in [1.165, 1.54) is 39.5 Å². The van der Waals surface area contributed by atoms with Gasteiger partial charge in [-0.05, 0) is 36.8 Å². The second-order valence-corrected chi connectivity index (χ2v) is 6.06. The molecule has 0 saturated heterocycles. The predicted molar refractivity (Wildman–Crippen MR) is 101 cm³/mol. The number of carbonyl (C=O) groups excluding carboxylic acids is 2. The lowest BCUT2D eigenvalue weighted by atomic mass is 10.1. The Bertz CT molecular complexity index is 879. The van der Waals surface area contributed by atoms with E-state index in [1.807, 2.05) is 0 Å². The molecule has 2 rings (SSSR count). The van der Waals surface area contributed by atoms with Crippen molar-refractivity contribution in [1.82, 2.24) is 10.6 Å². The van der Waals surface area contributed by atoms with Gasteiger partial charge in [0.05, 0.1) is 33.9 Å². The fourth-order valence-electron chi connectivity index (χ4n) is 2.63. The number of methoxy groups -OCH3 is 3. The van der Waals surface area contributed by atoms with Crippen molar-refractivity contribution in [2.24, 2.45) is 0 Å². The summed E-state index contributed by atoms with van der Waals surface area (Å²) in [6.07, 6.45) is 0. The van der Waals surface area contributed by atoms with Gasteiger partial charge >= 0.3 is 0 Å². The molecule has 0 aliphatic rings. The van der Waals surface area contributed by atoms with Crippen LogP contribution in [0, 0.1) is 11.6 Å². The molecule has 29 heavy (non-hydrogen) atoms. The second kappa shape index (κ2) is 9.72. The van der Waals surface area contributed by atoms with Crippen LogP contribution in [0.15, 0.2) is 30.3 Å². The maximum absolute atomic E-state index is 13.3. The van der Waals surface area contributed by atoms with Crippen molar-refractivity contribution in [2.45, 2.75) is 13.0 Å². The van der Waals surface area contributed by atoms with Crippen LogP contribution < -0.4 is 24.8 Å². The molecule has 0 aliphatic heterocycles. The molecular formula is C20H22F2N2O5. The molecule has 0 saturated carbocycles. The number of carbonyl (C=O) groups is 2. The number of halogens is 2. The third-order valence-electron chi connectivity index (χ3n) is 4.16. The van der Waals surface area contributed by atoms with Gasteiger partial charge in [-0.3, -0.25) is 9.59 Å². The summed E-state index contributed by atoms with van der Waals surface area (Å²) < 4.78 is 41.9. The van der Waals surface area contributed by atoms with Crippen LogP contribution in [0.4, 0.5) is 8.78 Å². The lowest BCUT2D eigenvalue weighted by molar-refractivity contribution is -0.120. The van der Waals surface area contributed by atoms with Crippen molar-refractivity contribution >= 4 is 11.8 Å². The Morgan fingerprint density at radius 3 is 2.10 bits per heavy atom. The quantitative estimate of drug-likeness (QED) is 0.701. The zero-order chi connectivity index (χ0) is 21.6. The monoisotopic (exact) mass is 408 g/mol. The summed E-state index contributed by atoms with van der Waals surface area (Å²) in [6.45, 7) is 1.30. The number of hydrogen-bond acceptors (Lipinski definition) is 5. The Hall–Kier alpha value is -3.36. The number of amides is 2. The van der Waals surface area contributed by atoms with Crippen LogP contribution in [-0.2, 0) is 4.79 Å². The van der Waals surface area contributed by atoms with Gasteiger partial charge in [0.1, 0.15) is 0 Å². The van der Waals surface area contributed by atoms with E-state index in [9.17, 15) is 18.4 Å². The molecule has 7 nitrogen and oxygen atoms in total. The maximum Gasteiger partial charge on any atom is 0.251 e. The van der Waals surface area contributed by atoms with Crippen LogP contribution in [-0.4, -0.2) is 39.7 Å². The highest BCUT2D eigenvalue weighted by atomic mass is 19.2. The van der Waals surface area contributed by atoms with Crippen LogP contribution in [0.5, 0.6) is 17.2 Å². The molecule has 0 radical (unpaired) electrons. The molecule has 0 aliphatic carbocycles. The third kappa shape index (κ3) is 5.34. The molecule has 2 aromatic carbocycles. The minimum atomic E-state index is -1.00. The molecule has 0 fully saturated rings. The molecule has 9 heteroatoms. The number of benzene rings is 2. The largest absolute Gasteiger partial charge is 0.493 e. The highest BCUT2D eigenvalue weighted by Gasteiger charge is 2.18. The summed E-state index contributed by atoms with van der Waals surface area (Å²) >= 11 is 0. The predicted octanol–water partition coefficient (Wildman–Crippen LogP) is 2.60. The zero-order valence-corrected chi connectivity index (χ0v) is 16.5. The summed E-state index contributed by atoms with van der Waals surface area (Å²) in [5.41, 5.74) is 0.606. The van der Waals surface area contributed by atoms with Crippen LogP contribution in [0.1, 0.15) is 28.9 Å². The maximum atomic E-state index is 13.3. The van der Waals surface area contributed by atoms with E-state index in [2.05, 4.69) is 10.6 Å². The first-order chi connectivity index (χ1) is 13.8. The molecule has 2 amide bonds. The van der Waals surface area contributed by atoms with Gasteiger partial charge in [0.2, 0.25) is 11.7 Å². The zero-order valence-electron chi connectivity index (χ0n) is 16.5. The third-order valence-corrected chi connectivity index (χ3v) is 4.16. The summed E-state index contributed by atoms with van der Waals surface area (Å²) in [6, 6.07) is 5.71. The molecule has 0 heterocycles. The summed E-state index contributed by atoms with van der Waals surface area (Å²) in [4.78, 5) is 24.5. The number of ether oxygens (including phenoxy) is 3. The van der Waals surface area contributed by atoms with Gasteiger partial charge in [-0.1, -0.05) is 6.07 Å². The Morgan fingerprint density at radius 1 is 0.966 bits per heavy atom. The first kappa shape index (κ1) is 21.9. The van der Waals surface area contributed by atoms with Crippen molar-refractivity contribution < 1.29 is 32.6 Å². The van der Waals surface area contributed by atoms with Crippen LogP contribution in [0.2, 0.25) is 0 Å². The van der Waals surface area contributed by atoms with Gasteiger partial charge in [-0.25, -0.2) is 8.78 Å². The Morgan fingerprint density at radius 2 is 1.59 bits per heavy atom. The number of nitrogens with one attached hydrogen (secondary N) is 2. The smallest absolute Gasteiger partial charge is 0.251 e. The van der Waals surface area contributed by atoms with Crippen molar-refractivity contribution in [3.05, 3.63) is 53.1 Å². The molecule has 2 aromatic rings. The second-order valence-electron chi connectivity index (χ2n) is 6.06. The minimum Gasteiger partial charge on any atom is -0.493 e. The summed E-state index contributed by atoms with van der Waals surface area (Å²) in [5, 5.41) is 5.08. The van der Waals surface area contributed by atoms with Crippen molar-refractivity contribution in [2.75, 3.05) is 27.9 Å². The Kier molecular flexibility index (Phi) is 7.35. The molecule has 0 unspecified atom stereocenters. The van der Waals surface area contributed by atoms with Crippen LogP contribution in [0.3, 0.4) is 0 Å². The van der Waals surface area contributed by atoms with Gasteiger partial charge < -0.3 is 24.8 Å². The van der Waals surface area contributed by atoms with E-state index in [0.717, 1.165) is 12.1 Å². The number of hydrogen-bond donors (Lipinski definition) is 2. The molecule has 0 spiro atoms. The van der Waals surface area contributed by atoms with E-state index in [0.29, 0.717) is 22.8 Å². The fourth-order valence-corrected chi connectivity index (χ4v) is 2.63. The Balaban J connectivity index is 2.01. The fraction of sp³-hybridized carbons (Fsp3) is 0.300. The van der Waals surface area contributed by atoms with Crippen molar-refractivity contribution in [3.8, 4) is 17.2 Å². The van der Waals surface area contributed by atoms with Gasteiger partial charge in [-0.2, -0.15) is 0 Å². The standard InChI is InChI=1S/C20H22F2N2O5/c1-11(12-5-6-14(21)15(22)7-12)24-18(25)10-23-20(26)13-8-16(27-2)19(29-4)17(9-13)28-3/h5-9,11H,10H2,1-4H3,(H,23,26)(H,24,25)/t11-/m1/s1. The highest BCUT2D eigenvalue weighted by molar-refractivity contribution is 5.97. The van der Waals surface area contributed by atoms with Gasteiger partial charge in [0, 0.05) is 5.56 Å². The van der Waals surface area contributed by atoms with E-state index < -0.39 is 29.5 Å². The lowest BCUT2D eigenvalue weighted by Crippen LogP contribution is -2.38. The molecular weight excluding hydrogens is 386 g/mol. The number of rotatable bonds is 8. The molecule has 0 bridgehead atoms. The van der Waals surface area contributed by atoms with Gasteiger partial charge in [0.25, 0.3) is 5.91 Å². The van der Waals surface area contributed by atoms with Crippen LogP contribution >= 0.6 is 0 Å². The first-order valence-corrected chi connectivity index (χ1v) is 8.63. The first-order valence-electron chi connectivity index (χ1n) is 8.63. The highest BCUT2D eigenvalue weighted by Crippen LogP contribution is 2.38. The van der Waals surface area contributed by atoms with E-state index in [4.69, 9.17) is 14.2 Å². The minimum absolute atomic E-state index is 0.209. The molecule has 0 aromatic heterocycles. The van der Waals surface area contributed by atoms with Crippen molar-refractivity contribution in [3.63, 3.8) is 0 Å². The lowest BCUT2D eigenvalue weighted by Gasteiger charge is -2.16. The molecule has 156 valence electrons. The molecule has 2 N–H and O–H groups in total. The SMILES string of the molecule is COc1cc(C(=O)NCC(=O)N[C@H](C)c2ccc(F)c(F)c2)cc(OC)c1OC.